The van der Waals surface area contributed by atoms with Crippen molar-refractivity contribution < 1.29 is 13.6 Å². The van der Waals surface area contributed by atoms with Crippen LogP contribution in [0, 0.1) is 11.6 Å². The van der Waals surface area contributed by atoms with Crippen molar-refractivity contribution in [3.8, 4) is 10.6 Å². The zero-order valence-corrected chi connectivity index (χ0v) is 17.4. The van der Waals surface area contributed by atoms with Crippen LogP contribution in [0.2, 0.25) is 0 Å². The van der Waals surface area contributed by atoms with Crippen LogP contribution >= 0.6 is 11.3 Å². The largest absolute Gasteiger partial charge is 0.366 e. The van der Waals surface area contributed by atoms with Crippen LogP contribution in [-0.2, 0) is 0 Å². The third kappa shape index (κ3) is 3.77. The van der Waals surface area contributed by atoms with Gasteiger partial charge < -0.3 is 9.80 Å². The second-order valence-electron chi connectivity index (χ2n) is 7.42. The van der Waals surface area contributed by atoms with E-state index in [1.54, 1.807) is 35.2 Å². The van der Waals surface area contributed by atoms with Gasteiger partial charge in [-0.25, -0.2) is 13.8 Å². The van der Waals surface area contributed by atoms with Crippen LogP contribution in [0.5, 0.6) is 0 Å². The average molecular weight is 435 g/mol. The third-order valence-electron chi connectivity index (χ3n) is 5.53. The van der Waals surface area contributed by atoms with Crippen molar-refractivity contribution in [2.45, 2.75) is 0 Å². The number of piperazine rings is 1. The van der Waals surface area contributed by atoms with Crippen LogP contribution in [0.15, 0.2) is 66.0 Å². The maximum Gasteiger partial charge on any atom is 0.254 e. The second kappa shape index (κ2) is 8.07. The Hall–Kier alpha value is -3.32. The number of benzene rings is 2. The predicted molar refractivity (Wildman–Crippen MR) is 120 cm³/mol. The van der Waals surface area contributed by atoms with E-state index >= 15 is 0 Å². The third-order valence-corrected chi connectivity index (χ3v) is 6.43. The first-order chi connectivity index (χ1) is 15.1. The Balaban J connectivity index is 1.46. The van der Waals surface area contributed by atoms with Gasteiger partial charge in [-0.1, -0.05) is 18.2 Å². The van der Waals surface area contributed by atoms with E-state index in [1.165, 1.54) is 29.5 Å². The summed E-state index contributed by atoms with van der Waals surface area (Å²) < 4.78 is 28.1. The molecule has 4 aromatic rings. The van der Waals surface area contributed by atoms with Crippen molar-refractivity contribution in [2.24, 2.45) is 0 Å². The number of para-hydroxylation sites is 1. The van der Waals surface area contributed by atoms with Crippen molar-refractivity contribution in [3.63, 3.8) is 0 Å². The lowest BCUT2D eigenvalue weighted by molar-refractivity contribution is 0.0748. The molecule has 1 aliphatic rings. The molecule has 1 fully saturated rings. The van der Waals surface area contributed by atoms with E-state index < -0.39 is 5.82 Å². The van der Waals surface area contributed by atoms with Crippen LogP contribution in [0.4, 0.5) is 14.5 Å². The van der Waals surface area contributed by atoms with Gasteiger partial charge in [-0.15, -0.1) is 11.3 Å². The first kappa shape index (κ1) is 19.6. The summed E-state index contributed by atoms with van der Waals surface area (Å²) in [6.07, 6.45) is 0. The number of anilines is 1. The van der Waals surface area contributed by atoms with Crippen molar-refractivity contribution in [1.82, 2.24) is 9.88 Å². The van der Waals surface area contributed by atoms with Gasteiger partial charge in [0, 0.05) is 31.6 Å². The number of amides is 1. The summed E-state index contributed by atoms with van der Waals surface area (Å²) >= 11 is 1.54. The average Bonchev–Trinajstić information content (AvgIpc) is 3.33. The lowest BCUT2D eigenvalue weighted by atomic mass is 10.0. The normalized spacial score (nSPS) is 14.3. The fourth-order valence-electron chi connectivity index (χ4n) is 3.95. The molecule has 0 aliphatic carbocycles. The number of nitrogens with zero attached hydrogens (tertiary/aromatic N) is 3. The quantitative estimate of drug-likeness (QED) is 0.444. The van der Waals surface area contributed by atoms with Crippen LogP contribution < -0.4 is 4.90 Å². The molecule has 1 saturated heterocycles. The Morgan fingerprint density at radius 1 is 0.935 bits per heavy atom. The van der Waals surface area contributed by atoms with Crippen molar-refractivity contribution >= 4 is 33.8 Å². The van der Waals surface area contributed by atoms with Gasteiger partial charge in [0.05, 0.1) is 27.3 Å². The van der Waals surface area contributed by atoms with Gasteiger partial charge in [0.25, 0.3) is 5.91 Å². The van der Waals surface area contributed by atoms with Gasteiger partial charge in [0.2, 0.25) is 0 Å². The molecular formula is C24H19F2N3OS. The summed E-state index contributed by atoms with van der Waals surface area (Å²) in [5.74, 6) is -0.834. The molecule has 0 atom stereocenters. The predicted octanol–water partition coefficient (Wildman–Crippen LogP) is 5.20. The Bertz CT molecular complexity index is 1250. The number of fused-ring (bicyclic) bond motifs is 1. The Morgan fingerprint density at radius 2 is 1.74 bits per heavy atom. The van der Waals surface area contributed by atoms with E-state index in [1.807, 2.05) is 22.4 Å². The summed E-state index contributed by atoms with van der Waals surface area (Å²) in [6.45, 7) is 1.98. The molecule has 0 unspecified atom stereocenters. The molecule has 0 saturated carbocycles. The number of carbonyl (C=O) groups excluding carboxylic acids is 1. The zero-order valence-electron chi connectivity index (χ0n) is 16.6. The molecule has 4 nitrogen and oxygen atoms in total. The number of hydrogen-bond donors (Lipinski definition) is 0. The van der Waals surface area contributed by atoms with E-state index in [-0.39, 0.29) is 11.7 Å². The number of rotatable bonds is 3. The maximum absolute atomic E-state index is 14.1. The van der Waals surface area contributed by atoms with Crippen molar-refractivity contribution in [3.05, 3.63) is 83.2 Å². The van der Waals surface area contributed by atoms with E-state index in [0.29, 0.717) is 54.0 Å². The number of aromatic nitrogens is 1. The minimum atomic E-state index is -0.406. The monoisotopic (exact) mass is 435 g/mol. The minimum absolute atomic E-state index is 0.163. The molecule has 0 spiro atoms. The first-order valence-electron chi connectivity index (χ1n) is 10.0. The van der Waals surface area contributed by atoms with Gasteiger partial charge in [0.1, 0.15) is 11.6 Å². The number of hydrogen-bond acceptors (Lipinski definition) is 4. The number of thiophene rings is 1. The SMILES string of the molecule is O=C(c1cc(-c2cccs2)nc2ccc(F)cc12)N1CCN(c2ccccc2F)CC1. The fourth-order valence-corrected chi connectivity index (χ4v) is 4.64. The molecule has 3 heterocycles. The van der Waals surface area contributed by atoms with Gasteiger partial charge in [0.15, 0.2) is 0 Å². The molecule has 156 valence electrons. The molecular weight excluding hydrogens is 416 g/mol. The Kier molecular flexibility index (Phi) is 5.11. The lowest BCUT2D eigenvalue weighted by Gasteiger charge is -2.36. The first-order valence-corrected chi connectivity index (χ1v) is 10.9. The standard InChI is InChI=1S/C24H19F2N3OS/c25-16-7-8-20-17(14-16)18(15-21(27-20)23-6-3-13-31-23)24(30)29-11-9-28(10-12-29)22-5-2-1-4-19(22)26/h1-8,13-15H,9-12H2. The van der Waals surface area contributed by atoms with Gasteiger partial charge >= 0.3 is 0 Å². The summed E-state index contributed by atoms with van der Waals surface area (Å²) in [5.41, 5.74) is 2.27. The zero-order chi connectivity index (χ0) is 21.4. The summed E-state index contributed by atoms with van der Waals surface area (Å²) in [5, 5.41) is 2.46. The molecule has 2 aromatic heterocycles. The smallest absolute Gasteiger partial charge is 0.254 e. The summed E-state index contributed by atoms with van der Waals surface area (Å²) in [4.78, 5) is 22.7. The molecule has 0 bridgehead atoms. The highest BCUT2D eigenvalue weighted by molar-refractivity contribution is 7.13. The minimum Gasteiger partial charge on any atom is -0.366 e. The van der Waals surface area contributed by atoms with Crippen LogP contribution in [-0.4, -0.2) is 42.0 Å². The number of halogens is 2. The molecule has 1 amide bonds. The Labute approximate surface area is 182 Å². The second-order valence-corrected chi connectivity index (χ2v) is 8.37. The van der Waals surface area contributed by atoms with E-state index in [2.05, 4.69) is 4.98 Å². The van der Waals surface area contributed by atoms with Gasteiger partial charge in [-0.2, -0.15) is 0 Å². The molecule has 0 radical (unpaired) electrons. The molecule has 7 heteroatoms. The molecule has 1 aliphatic heterocycles. The highest BCUT2D eigenvalue weighted by Crippen LogP contribution is 2.29. The van der Waals surface area contributed by atoms with E-state index in [0.717, 1.165) is 4.88 Å². The van der Waals surface area contributed by atoms with Crippen LogP contribution in [0.1, 0.15) is 10.4 Å². The maximum atomic E-state index is 14.1. The Morgan fingerprint density at radius 3 is 2.48 bits per heavy atom. The molecule has 2 aromatic carbocycles. The van der Waals surface area contributed by atoms with Crippen LogP contribution in [0.3, 0.4) is 0 Å². The highest BCUT2D eigenvalue weighted by Gasteiger charge is 2.25. The summed E-state index contributed by atoms with van der Waals surface area (Å²) in [6, 6.07) is 16.6. The lowest BCUT2D eigenvalue weighted by Crippen LogP contribution is -2.49. The highest BCUT2D eigenvalue weighted by atomic mass is 32.1. The molecule has 31 heavy (non-hydrogen) atoms. The molecule has 5 rings (SSSR count). The van der Waals surface area contributed by atoms with Gasteiger partial charge in [-0.3, -0.25) is 4.79 Å². The van der Waals surface area contributed by atoms with Crippen molar-refractivity contribution in [1.29, 1.82) is 0 Å². The summed E-state index contributed by atoms with van der Waals surface area (Å²) in [7, 11) is 0. The molecule has 0 N–H and O–H groups in total. The number of carbonyl (C=O) groups is 1. The number of pyridine rings is 1. The fraction of sp³-hybridized carbons (Fsp3) is 0.167. The van der Waals surface area contributed by atoms with Gasteiger partial charge in [-0.05, 0) is 47.8 Å². The van der Waals surface area contributed by atoms with Crippen molar-refractivity contribution in [2.75, 3.05) is 31.1 Å². The van der Waals surface area contributed by atoms with Crippen LogP contribution in [0.25, 0.3) is 21.5 Å². The topological polar surface area (TPSA) is 36.4 Å². The van der Waals surface area contributed by atoms with E-state index in [4.69, 9.17) is 0 Å². The van der Waals surface area contributed by atoms with E-state index in [9.17, 15) is 13.6 Å².